The van der Waals surface area contributed by atoms with Crippen molar-refractivity contribution in [3.63, 3.8) is 0 Å². The molecule has 5 rings (SSSR count). The van der Waals surface area contributed by atoms with Crippen LogP contribution in [-0.4, -0.2) is 38.2 Å². The number of hydrogen-bond acceptors (Lipinski definition) is 5. The number of carbonyl (C=O) groups excluding carboxylic acids is 1. The Morgan fingerprint density at radius 1 is 1.13 bits per heavy atom. The molecule has 1 aliphatic heterocycles. The molecule has 1 unspecified atom stereocenters. The molecule has 0 spiro atoms. The molecule has 0 saturated heterocycles. The van der Waals surface area contributed by atoms with E-state index in [1.165, 1.54) is 12.4 Å². The van der Waals surface area contributed by atoms with Crippen molar-refractivity contribution in [1.82, 2.24) is 19.5 Å². The average molecular weight is 520 g/mol. The summed E-state index contributed by atoms with van der Waals surface area (Å²) in [7, 11) is 0. The number of nitrogens with zero attached hydrogens (tertiary/aromatic N) is 5. The van der Waals surface area contributed by atoms with Gasteiger partial charge in [0.1, 0.15) is 18.4 Å². The van der Waals surface area contributed by atoms with Gasteiger partial charge >= 0.3 is 6.18 Å². The summed E-state index contributed by atoms with van der Waals surface area (Å²) in [5.41, 5.74) is 3.00. The molecule has 0 radical (unpaired) electrons. The first-order valence-electron chi connectivity index (χ1n) is 11.8. The van der Waals surface area contributed by atoms with Crippen molar-refractivity contribution in [2.24, 2.45) is 0 Å². The Hall–Kier alpha value is -4.47. The number of anilines is 1. The average Bonchev–Trinajstić information content (AvgIpc) is 3.39. The summed E-state index contributed by atoms with van der Waals surface area (Å²) in [4.78, 5) is 28.3. The van der Waals surface area contributed by atoms with E-state index in [4.69, 9.17) is 4.74 Å². The third-order valence-corrected chi connectivity index (χ3v) is 6.57. The Kier molecular flexibility index (Phi) is 6.48. The lowest BCUT2D eigenvalue weighted by Gasteiger charge is -2.40. The zero-order chi connectivity index (χ0) is 26.9. The van der Waals surface area contributed by atoms with E-state index in [1.54, 1.807) is 58.8 Å². The van der Waals surface area contributed by atoms with Crippen LogP contribution in [0.3, 0.4) is 0 Å². The number of benzene rings is 2. The number of amides is 1. The third kappa shape index (κ3) is 5.02. The highest BCUT2D eigenvalue weighted by Gasteiger charge is 2.45. The smallest absolute Gasteiger partial charge is 0.422 e. The molecule has 0 N–H and O–H groups in total. The van der Waals surface area contributed by atoms with Gasteiger partial charge in [0.15, 0.2) is 12.4 Å². The summed E-state index contributed by atoms with van der Waals surface area (Å²) in [5, 5.41) is 0. The van der Waals surface area contributed by atoms with Crippen LogP contribution < -0.4 is 9.64 Å². The highest BCUT2D eigenvalue weighted by Crippen LogP contribution is 2.41. The van der Waals surface area contributed by atoms with Gasteiger partial charge in [-0.15, -0.1) is 0 Å². The first-order chi connectivity index (χ1) is 18.2. The van der Waals surface area contributed by atoms with E-state index < -0.39 is 18.2 Å². The Bertz CT molecular complexity index is 1490. The predicted octanol–water partition coefficient (Wildman–Crippen LogP) is 5.43. The minimum absolute atomic E-state index is 0.113. The number of imidazole rings is 1. The van der Waals surface area contributed by atoms with Gasteiger partial charge in [-0.05, 0) is 59.4 Å². The van der Waals surface area contributed by atoms with Gasteiger partial charge in [-0.1, -0.05) is 30.8 Å². The number of alkyl halides is 3. The minimum atomic E-state index is -4.43. The molecular formula is C28H24F3N5O2. The lowest BCUT2D eigenvalue weighted by molar-refractivity contribution is -0.153. The number of halogens is 3. The second-order valence-electron chi connectivity index (χ2n) is 9.31. The quantitative estimate of drug-likeness (QED) is 0.326. The second kappa shape index (κ2) is 9.77. The van der Waals surface area contributed by atoms with Crippen molar-refractivity contribution in [3.8, 4) is 16.9 Å². The Morgan fingerprint density at radius 2 is 1.89 bits per heavy atom. The van der Waals surface area contributed by atoms with E-state index in [2.05, 4.69) is 21.5 Å². The highest BCUT2D eigenvalue weighted by molar-refractivity contribution is 6.02. The lowest BCUT2D eigenvalue weighted by atomic mass is 9.71. The van der Waals surface area contributed by atoms with E-state index in [-0.39, 0.29) is 11.7 Å². The second-order valence-corrected chi connectivity index (χ2v) is 9.31. The normalized spacial score (nSPS) is 17.3. The SMILES string of the molecule is C=Cn1cnc(N2Cc3ccc(-c4cccc(OCC(F)(F)F)c4)cc3C(C)(Cc3cncnc3)C2=O)c1. The highest BCUT2D eigenvalue weighted by atomic mass is 19.4. The molecular weight excluding hydrogens is 495 g/mol. The van der Waals surface area contributed by atoms with Crippen molar-refractivity contribution < 1.29 is 22.7 Å². The van der Waals surface area contributed by atoms with Gasteiger partial charge in [0.2, 0.25) is 5.91 Å². The molecule has 1 atom stereocenters. The molecule has 38 heavy (non-hydrogen) atoms. The maximum Gasteiger partial charge on any atom is 0.422 e. The molecule has 4 aromatic rings. The number of rotatable bonds is 7. The van der Waals surface area contributed by atoms with Gasteiger partial charge in [-0.2, -0.15) is 13.2 Å². The number of carbonyl (C=O) groups is 1. The van der Waals surface area contributed by atoms with Crippen molar-refractivity contribution in [2.75, 3.05) is 11.5 Å². The van der Waals surface area contributed by atoms with Crippen LogP contribution in [0.2, 0.25) is 0 Å². The van der Waals surface area contributed by atoms with Gasteiger partial charge in [-0.3, -0.25) is 9.69 Å². The molecule has 0 fully saturated rings. The zero-order valence-corrected chi connectivity index (χ0v) is 20.5. The predicted molar refractivity (Wildman–Crippen MR) is 136 cm³/mol. The fraction of sp³-hybridized carbons (Fsp3) is 0.214. The number of fused-ring (bicyclic) bond motifs is 1. The molecule has 3 heterocycles. The van der Waals surface area contributed by atoms with Gasteiger partial charge in [0.05, 0.1) is 18.2 Å². The monoisotopic (exact) mass is 519 g/mol. The Balaban J connectivity index is 1.56. The van der Waals surface area contributed by atoms with Gasteiger partial charge < -0.3 is 9.30 Å². The maximum atomic E-state index is 14.1. The number of ether oxygens (including phenoxy) is 1. The summed E-state index contributed by atoms with van der Waals surface area (Å²) in [6, 6.07) is 12.3. The fourth-order valence-corrected chi connectivity index (χ4v) is 4.74. The molecule has 10 heteroatoms. The summed E-state index contributed by atoms with van der Waals surface area (Å²) >= 11 is 0. The van der Waals surface area contributed by atoms with Crippen LogP contribution in [0, 0.1) is 0 Å². The third-order valence-electron chi connectivity index (χ3n) is 6.57. The van der Waals surface area contributed by atoms with Crippen LogP contribution in [0.15, 0.2) is 80.3 Å². The minimum Gasteiger partial charge on any atom is -0.484 e. The molecule has 194 valence electrons. The molecule has 2 aromatic carbocycles. The summed E-state index contributed by atoms with van der Waals surface area (Å²) < 4.78 is 44.6. The van der Waals surface area contributed by atoms with Gasteiger partial charge in [0, 0.05) is 18.6 Å². The van der Waals surface area contributed by atoms with E-state index in [0.717, 1.165) is 22.3 Å². The van der Waals surface area contributed by atoms with Crippen LogP contribution in [0.1, 0.15) is 23.6 Å². The van der Waals surface area contributed by atoms with Gasteiger partial charge in [-0.25, -0.2) is 15.0 Å². The number of aromatic nitrogens is 4. The molecule has 1 amide bonds. The lowest BCUT2D eigenvalue weighted by Crippen LogP contribution is -2.51. The molecule has 2 aromatic heterocycles. The Morgan fingerprint density at radius 3 is 2.61 bits per heavy atom. The fourth-order valence-electron chi connectivity index (χ4n) is 4.74. The van der Waals surface area contributed by atoms with E-state index in [1.807, 2.05) is 25.1 Å². The largest absolute Gasteiger partial charge is 0.484 e. The zero-order valence-electron chi connectivity index (χ0n) is 20.5. The Labute approximate surface area is 217 Å². The number of hydrogen-bond donors (Lipinski definition) is 0. The standard InChI is InChI=1S/C28H24F3N5O2/c1-3-35-15-25(34-18-35)36-14-22-8-7-21(20-5-4-6-23(9-20)38-16-28(29,30)31)10-24(22)27(2,26(36)37)11-19-12-32-17-33-13-19/h3-10,12-13,15,17-18H,1,11,14,16H2,2H3. The van der Waals surface area contributed by atoms with E-state index in [9.17, 15) is 18.0 Å². The molecule has 7 nitrogen and oxygen atoms in total. The van der Waals surface area contributed by atoms with Crippen LogP contribution in [0.5, 0.6) is 5.75 Å². The van der Waals surface area contributed by atoms with Crippen molar-refractivity contribution in [1.29, 1.82) is 0 Å². The first-order valence-corrected chi connectivity index (χ1v) is 11.8. The molecule has 0 saturated carbocycles. The molecule has 0 aliphatic carbocycles. The van der Waals surface area contributed by atoms with Gasteiger partial charge in [0.25, 0.3) is 0 Å². The van der Waals surface area contributed by atoms with E-state index >= 15 is 0 Å². The maximum absolute atomic E-state index is 14.1. The van der Waals surface area contributed by atoms with Crippen LogP contribution in [0.4, 0.5) is 19.0 Å². The van der Waals surface area contributed by atoms with Crippen molar-refractivity contribution >= 4 is 17.9 Å². The topological polar surface area (TPSA) is 73.1 Å². The van der Waals surface area contributed by atoms with E-state index in [0.29, 0.717) is 24.3 Å². The summed E-state index contributed by atoms with van der Waals surface area (Å²) in [6.45, 7) is 4.56. The van der Waals surface area contributed by atoms with Crippen LogP contribution in [0.25, 0.3) is 17.3 Å². The molecule has 1 aliphatic rings. The summed E-state index contributed by atoms with van der Waals surface area (Å²) in [6.07, 6.45) is 5.63. The van der Waals surface area contributed by atoms with Crippen molar-refractivity contribution in [2.45, 2.75) is 31.5 Å². The van der Waals surface area contributed by atoms with Crippen molar-refractivity contribution in [3.05, 3.63) is 97.0 Å². The molecule has 0 bridgehead atoms. The summed E-state index contributed by atoms with van der Waals surface area (Å²) in [5.74, 6) is 0.485. The first kappa shape index (κ1) is 25.2. The van der Waals surface area contributed by atoms with Crippen LogP contribution in [-0.2, 0) is 23.2 Å². The van der Waals surface area contributed by atoms with Crippen LogP contribution >= 0.6 is 0 Å².